The summed E-state index contributed by atoms with van der Waals surface area (Å²) in [6, 6.07) is 5.05. The smallest absolute Gasteiger partial charge is 0.125 e. The molecule has 1 aromatic rings. The van der Waals surface area contributed by atoms with Crippen LogP contribution in [0.5, 0.6) is 0 Å². The highest BCUT2D eigenvalue weighted by atomic mass is 31.0. The summed E-state index contributed by atoms with van der Waals surface area (Å²) in [4.78, 5) is 2.10. The summed E-state index contributed by atoms with van der Waals surface area (Å²) in [5.41, 5.74) is 3.31. The first-order valence-corrected chi connectivity index (χ1v) is 5.82. The van der Waals surface area contributed by atoms with E-state index in [1.54, 1.807) is 6.07 Å². The van der Waals surface area contributed by atoms with Crippen LogP contribution in [-0.2, 0) is 0 Å². The minimum atomic E-state index is -0.193. The van der Waals surface area contributed by atoms with Crippen LogP contribution in [0.4, 0.5) is 10.1 Å². The fourth-order valence-electron chi connectivity index (χ4n) is 1.91. The third-order valence-corrected chi connectivity index (χ3v) is 3.01. The number of allylic oxidation sites excluding steroid dienone is 3. The first-order valence-electron chi connectivity index (χ1n) is 5.25. The van der Waals surface area contributed by atoms with Gasteiger partial charge in [-0.05, 0) is 43.4 Å². The largest absolute Gasteiger partial charge is 0.341 e. The maximum absolute atomic E-state index is 13.3. The van der Waals surface area contributed by atoms with Gasteiger partial charge in [-0.2, -0.15) is 0 Å². The van der Waals surface area contributed by atoms with Gasteiger partial charge >= 0.3 is 0 Å². The van der Waals surface area contributed by atoms with Crippen LogP contribution in [0, 0.1) is 5.82 Å². The Hall–Kier alpha value is -1.14. The number of halogens is 1. The van der Waals surface area contributed by atoms with E-state index in [2.05, 4.69) is 33.2 Å². The molecule has 1 aliphatic heterocycles. The summed E-state index contributed by atoms with van der Waals surface area (Å²) in [5, 5.41) is 0.870. The Kier molecular flexibility index (Phi) is 3.11. The standard InChI is InChI=1S/C13H15FNP/c1-9-3-4-15(10(2)5-9)12-6-11(14)7-13(16)8-12/h3,5-8H,4,16H2,1-2H3. The Balaban J connectivity index is 2.36. The molecule has 1 heterocycles. The van der Waals surface area contributed by atoms with Crippen molar-refractivity contribution in [3.8, 4) is 0 Å². The fourth-order valence-corrected chi connectivity index (χ4v) is 2.24. The zero-order chi connectivity index (χ0) is 11.7. The Morgan fingerprint density at radius 1 is 1.25 bits per heavy atom. The van der Waals surface area contributed by atoms with Crippen LogP contribution in [0.2, 0.25) is 0 Å². The molecule has 1 atom stereocenters. The average molecular weight is 235 g/mol. The van der Waals surface area contributed by atoms with Crippen LogP contribution < -0.4 is 10.2 Å². The molecule has 3 heteroatoms. The van der Waals surface area contributed by atoms with Gasteiger partial charge in [-0.3, -0.25) is 0 Å². The Bertz CT molecular complexity index is 457. The second-order valence-electron chi connectivity index (χ2n) is 4.09. The third-order valence-electron chi connectivity index (χ3n) is 2.67. The molecule has 0 amide bonds. The number of rotatable bonds is 1. The highest BCUT2D eigenvalue weighted by Crippen LogP contribution is 2.23. The third kappa shape index (κ3) is 2.33. The lowest BCUT2D eigenvalue weighted by Gasteiger charge is -2.27. The molecular formula is C13H15FNP. The Morgan fingerprint density at radius 2 is 2.00 bits per heavy atom. The minimum absolute atomic E-state index is 0.193. The molecule has 0 aliphatic carbocycles. The van der Waals surface area contributed by atoms with Gasteiger partial charge in [0.15, 0.2) is 0 Å². The van der Waals surface area contributed by atoms with E-state index in [0.29, 0.717) is 0 Å². The lowest BCUT2D eigenvalue weighted by molar-refractivity contribution is 0.628. The molecule has 0 saturated heterocycles. The Morgan fingerprint density at radius 3 is 2.62 bits per heavy atom. The topological polar surface area (TPSA) is 3.24 Å². The summed E-state index contributed by atoms with van der Waals surface area (Å²) in [7, 11) is 2.53. The fraction of sp³-hybridized carbons (Fsp3) is 0.231. The summed E-state index contributed by atoms with van der Waals surface area (Å²) in [6.45, 7) is 4.93. The molecule has 0 saturated carbocycles. The van der Waals surface area contributed by atoms with Crippen molar-refractivity contribution in [1.29, 1.82) is 0 Å². The van der Waals surface area contributed by atoms with Crippen molar-refractivity contribution >= 4 is 20.2 Å². The first kappa shape index (κ1) is 11.3. The normalized spacial score (nSPS) is 15.9. The molecule has 0 bridgehead atoms. The van der Waals surface area contributed by atoms with Gasteiger partial charge in [0.25, 0.3) is 0 Å². The van der Waals surface area contributed by atoms with Gasteiger partial charge in [0, 0.05) is 17.9 Å². The first-order chi connectivity index (χ1) is 7.56. The lowest BCUT2D eigenvalue weighted by atomic mass is 10.1. The number of hydrogen-bond donors (Lipinski definition) is 0. The summed E-state index contributed by atoms with van der Waals surface area (Å²) in [5.74, 6) is -0.193. The van der Waals surface area contributed by atoms with Crippen LogP contribution in [0.3, 0.4) is 0 Å². The van der Waals surface area contributed by atoms with Gasteiger partial charge in [-0.15, -0.1) is 9.24 Å². The second-order valence-corrected chi connectivity index (χ2v) is 4.75. The minimum Gasteiger partial charge on any atom is -0.341 e. The quantitative estimate of drug-likeness (QED) is 0.676. The van der Waals surface area contributed by atoms with E-state index in [4.69, 9.17) is 0 Å². The Labute approximate surface area is 97.9 Å². The maximum Gasteiger partial charge on any atom is 0.125 e. The highest BCUT2D eigenvalue weighted by molar-refractivity contribution is 7.27. The molecule has 0 aromatic heterocycles. The zero-order valence-electron chi connectivity index (χ0n) is 9.50. The summed E-state index contributed by atoms with van der Waals surface area (Å²) in [6.07, 6.45) is 4.25. The van der Waals surface area contributed by atoms with Crippen molar-refractivity contribution in [3.63, 3.8) is 0 Å². The molecule has 2 rings (SSSR count). The molecule has 84 valence electrons. The monoisotopic (exact) mass is 235 g/mol. The van der Waals surface area contributed by atoms with E-state index < -0.39 is 0 Å². The number of benzene rings is 1. The van der Waals surface area contributed by atoms with E-state index in [1.165, 1.54) is 11.6 Å². The van der Waals surface area contributed by atoms with Crippen molar-refractivity contribution in [1.82, 2.24) is 0 Å². The van der Waals surface area contributed by atoms with Gasteiger partial charge in [0.2, 0.25) is 0 Å². The van der Waals surface area contributed by atoms with Crippen molar-refractivity contribution in [3.05, 3.63) is 47.4 Å². The molecule has 16 heavy (non-hydrogen) atoms. The van der Waals surface area contributed by atoms with Crippen molar-refractivity contribution in [2.24, 2.45) is 0 Å². The molecule has 0 N–H and O–H groups in total. The van der Waals surface area contributed by atoms with Crippen LogP contribution in [0.1, 0.15) is 13.8 Å². The maximum atomic E-state index is 13.3. The molecule has 1 unspecified atom stereocenters. The van der Waals surface area contributed by atoms with Crippen LogP contribution in [0.25, 0.3) is 0 Å². The average Bonchev–Trinajstić information content (AvgIpc) is 2.15. The molecule has 1 nitrogen and oxygen atoms in total. The van der Waals surface area contributed by atoms with E-state index in [9.17, 15) is 4.39 Å². The number of nitrogens with zero attached hydrogens (tertiary/aromatic N) is 1. The molecule has 0 spiro atoms. The molecule has 0 radical (unpaired) electrons. The van der Waals surface area contributed by atoms with Crippen molar-refractivity contribution in [2.45, 2.75) is 13.8 Å². The molecule has 0 fully saturated rings. The molecule has 1 aromatic carbocycles. The van der Waals surface area contributed by atoms with Crippen molar-refractivity contribution in [2.75, 3.05) is 11.4 Å². The SMILES string of the molecule is CC1=CCN(c2cc(F)cc(P)c2)C(C)=C1. The number of hydrogen-bond acceptors (Lipinski definition) is 1. The summed E-state index contributed by atoms with van der Waals surface area (Å²) >= 11 is 0. The summed E-state index contributed by atoms with van der Waals surface area (Å²) < 4.78 is 13.3. The second kappa shape index (κ2) is 4.39. The van der Waals surface area contributed by atoms with Crippen LogP contribution >= 0.6 is 9.24 Å². The molecular weight excluding hydrogens is 220 g/mol. The molecule has 1 aliphatic rings. The predicted octanol–water partition coefficient (Wildman–Crippen LogP) is 3.00. The van der Waals surface area contributed by atoms with E-state index in [-0.39, 0.29) is 5.82 Å². The van der Waals surface area contributed by atoms with Crippen molar-refractivity contribution < 1.29 is 4.39 Å². The van der Waals surface area contributed by atoms with Gasteiger partial charge in [0.1, 0.15) is 5.82 Å². The van der Waals surface area contributed by atoms with Gasteiger partial charge in [-0.25, -0.2) is 4.39 Å². The van der Waals surface area contributed by atoms with Crippen LogP contribution in [0.15, 0.2) is 41.6 Å². The number of anilines is 1. The van der Waals surface area contributed by atoms with Gasteiger partial charge < -0.3 is 4.90 Å². The predicted molar refractivity (Wildman–Crippen MR) is 70.6 cm³/mol. The van der Waals surface area contributed by atoms with E-state index in [1.807, 2.05) is 13.0 Å². The lowest BCUT2D eigenvalue weighted by Crippen LogP contribution is -2.24. The zero-order valence-corrected chi connectivity index (χ0v) is 10.7. The van der Waals surface area contributed by atoms with E-state index in [0.717, 1.165) is 23.2 Å². The van der Waals surface area contributed by atoms with Gasteiger partial charge in [0.05, 0.1) is 0 Å². The van der Waals surface area contributed by atoms with Gasteiger partial charge in [-0.1, -0.05) is 11.6 Å². The highest BCUT2D eigenvalue weighted by Gasteiger charge is 2.12. The van der Waals surface area contributed by atoms with Crippen LogP contribution in [-0.4, -0.2) is 6.54 Å². The van der Waals surface area contributed by atoms with E-state index >= 15 is 0 Å².